The van der Waals surface area contributed by atoms with Crippen LogP contribution < -0.4 is 11.2 Å². The van der Waals surface area contributed by atoms with E-state index in [2.05, 4.69) is 9.97 Å². The van der Waals surface area contributed by atoms with Gasteiger partial charge in [0.05, 0.1) is 13.1 Å². The molecule has 2 heterocycles. The molecule has 0 spiro atoms. The number of carbonyl (C=O) groups is 1. The molecule has 0 aliphatic heterocycles. The van der Waals surface area contributed by atoms with Gasteiger partial charge in [-0.3, -0.25) is 13.9 Å². The van der Waals surface area contributed by atoms with Crippen LogP contribution in [0.3, 0.4) is 0 Å². The van der Waals surface area contributed by atoms with Crippen molar-refractivity contribution >= 4 is 28.8 Å². The molecule has 10 heteroatoms. The van der Waals surface area contributed by atoms with Crippen LogP contribution in [0.2, 0.25) is 0 Å². The Bertz CT molecular complexity index is 1820. The number of nitrogens with zero attached hydrogens (tertiary/aromatic N) is 3. The molecule has 0 unspecified atom stereocenters. The van der Waals surface area contributed by atoms with E-state index >= 15 is 0 Å². The lowest BCUT2D eigenvalue weighted by atomic mass is 10.1. The monoisotopic (exact) mass is 514 g/mol. The van der Waals surface area contributed by atoms with Crippen LogP contribution in [0.4, 0.5) is 8.78 Å². The van der Waals surface area contributed by atoms with Gasteiger partial charge in [0.1, 0.15) is 28.5 Å². The minimum atomic E-state index is -1.30. The largest absolute Gasteiger partial charge is 0.478 e. The van der Waals surface area contributed by atoms with Gasteiger partial charge in [0.15, 0.2) is 5.65 Å². The number of carboxylic acids is 1. The standard InChI is InChI=1S/C28H20F2N4O4/c29-20-10-4-8-18(12-20)15-33-25-23(26(35)34(28(33)38)16-19-9-5-11-21(30)13-19)31-24(32-25)22(27(36)37)14-17-6-2-1-3-7-17/h1-14H,15-16H2,(H,31,32)(H,36,37). The molecule has 0 fully saturated rings. The van der Waals surface area contributed by atoms with Gasteiger partial charge in [-0.2, -0.15) is 0 Å². The third-order valence-electron chi connectivity index (χ3n) is 5.92. The number of aromatic amines is 1. The predicted molar refractivity (Wildman–Crippen MR) is 138 cm³/mol. The maximum atomic E-state index is 13.9. The Morgan fingerprint density at radius 1 is 0.868 bits per heavy atom. The van der Waals surface area contributed by atoms with E-state index in [-0.39, 0.29) is 35.7 Å². The van der Waals surface area contributed by atoms with Crippen LogP contribution in [0.15, 0.2) is 88.5 Å². The van der Waals surface area contributed by atoms with Crippen molar-refractivity contribution in [3.8, 4) is 0 Å². The van der Waals surface area contributed by atoms with Crippen LogP contribution in [0.1, 0.15) is 22.5 Å². The fourth-order valence-corrected chi connectivity index (χ4v) is 4.16. The number of H-pyrrole nitrogens is 1. The minimum Gasteiger partial charge on any atom is -0.478 e. The first-order valence-corrected chi connectivity index (χ1v) is 11.5. The van der Waals surface area contributed by atoms with Gasteiger partial charge in [-0.25, -0.2) is 23.4 Å². The zero-order valence-corrected chi connectivity index (χ0v) is 19.8. The van der Waals surface area contributed by atoms with Gasteiger partial charge < -0.3 is 10.1 Å². The van der Waals surface area contributed by atoms with Crippen LogP contribution >= 0.6 is 0 Å². The van der Waals surface area contributed by atoms with Crippen LogP contribution in [0.25, 0.3) is 22.8 Å². The maximum Gasteiger partial charge on any atom is 0.339 e. The van der Waals surface area contributed by atoms with Crippen LogP contribution in [0.5, 0.6) is 0 Å². The van der Waals surface area contributed by atoms with Crippen molar-refractivity contribution in [2.24, 2.45) is 0 Å². The molecule has 3 aromatic carbocycles. The topological polar surface area (TPSA) is 110 Å². The van der Waals surface area contributed by atoms with Gasteiger partial charge in [-0.15, -0.1) is 0 Å². The molecule has 0 atom stereocenters. The molecule has 8 nitrogen and oxygen atoms in total. The number of rotatable bonds is 7. The normalized spacial score (nSPS) is 11.7. The average molecular weight is 514 g/mol. The van der Waals surface area contributed by atoms with Gasteiger partial charge in [0, 0.05) is 0 Å². The smallest absolute Gasteiger partial charge is 0.339 e. The van der Waals surface area contributed by atoms with Crippen molar-refractivity contribution in [3.63, 3.8) is 0 Å². The van der Waals surface area contributed by atoms with Gasteiger partial charge >= 0.3 is 11.7 Å². The van der Waals surface area contributed by atoms with E-state index in [4.69, 9.17) is 0 Å². The summed E-state index contributed by atoms with van der Waals surface area (Å²) in [6.07, 6.45) is 1.39. The molecule has 5 aromatic rings. The second-order valence-corrected chi connectivity index (χ2v) is 8.58. The van der Waals surface area contributed by atoms with Gasteiger partial charge in [-0.1, -0.05) is 54.6 Å². The molecule has 38 heavy (non-hydrogen) atoms. The number of carboxylic acid groups (broad SMARTS) is 1. The molecule has 2 aromatic heterocycles. The first-order chi connectivity index (χ1) is 18.3. The van der Waals surface area contributed by atoms with Crippen molar-refractivity contribution in [1.82, 2.24) is 19.1 Å². The molecule has 0 saturated heterocycles. The van der Waals surface area contributed by atoms with Crippen molar-refractivity contribution in [3.05, 3.63) is 134 Å². The number of hydrogen-bond donors (Lipinski definition) is 2. The highest BCUT2D eigenvalue weighted by Crippen LogP contribution is 2.19. The van der Waals surface area contributed by atoms with Gasteiger partial charge in [0.25, 0.3) is 5.56 Å². The Morgan fingerprint density at radius 2 is 1.47 bits per heavy atom. The fourth-order valence-electron chi connectivity index (χ4n) is 4.16. The molecule has 0 aliphatic carbocycles. The Morgan fingerprint density at radius 3 is 2.05 bits per heavy atom. The predicted octanol–water partition coefficient (Wildman–Crippen LogP) is 3.89. The summed E-state index contributed by atoms with van der Waals surface area (Å²) >= 11 is 0. The molecular weight excluding hydrogens is 494 g/mol. The van der Waals surface area contributed by atoms with E-state index in [1.54, 1.807) is 42.5 Å². The van der Waals surface area contributed by atoms with E-state index in [0.29, 0.717) is 16.7 Å². The number of aliphatic carboxylic acids is 1. The minimum absolute atomic E-state index is 0.0880. The summed E-state index contributed by atoms with van der Waals surface area (Å²) in [4.78, 5) is 46.2. The van der Waals surface area contributed by atoms with E-state index in [0.717, 1.165) is 9.13 Å². The summed E-state index contributed by atoms with van der Waals surface area (Å²) in [5.41, 5.74) is -0.573. The molecule has 0 saturated carbocycles. The number of aromatic nitrogens is 4. The second kappa shape index (κ2) is 10.1. The third-order valence-corrected chi connectivity index (χ3v) is 5.92. The Kier molecular flexibility index (Phi) is 6.53. The molecule has 0 aliphatic rings. The summed E-state index contributed by atoms with van der Waals surface area (Å²) in [5, 5.41) is 9.89. The van der Waals surface area contributed by atoms with E-state index in [1.807, 2.05) is 0 Å². The maximum absolute atomic E-state index is 13.9. The quantitative estimate of drug-likeness (QED) is 0.320. The van der Waals surface area contributed by atoms with Crippen molar-refractivity contribution in [2.45, 2.75) is 13.1 Å². The molecule has 2 N–H and O–H groups in total. The Hall–Kier alpha value is -5.12. The molecule has 190 valence electrons. The lowest BCUT2D eigenvalue weighted by Crippen LogP contribution is -2.40. The molecule has 5 rings (SSSR count). The van der Waals surface area contributed by atoms with Gasteiger partial charge in [0.2, 0.25) is 0 Å². The zero-order valence-electron chi connectivity index (χ0n) is 19.8. The van der Waals surface area contributed by atoms with Crippen molar-refractivity contribution in [2.75, 3.05) is 0 Å². The number of imidazole rings is 1. The lowest BCUT2D eigenvalue weighted by Gasteiger charge is -2.12. The van der Waals surface area contributed by atoms with E-state index in [1.165, 1.54) is 42.5 Å². The third kappa shape index (κ3) is 4.92. The molecule has 0 amide bonds. The van der Waals surface area contributed by atoms with Crippen LogP contribution in [-0.2, 0) is 17.9 Å². The zero-order chi connectivity index (χ0) is 26.8. The number of hydrogen-bond acceptors (Lipinski definition) is 4. The Labute approximate surface area is 213 Å². The van der Waals surface area contributed by atoms with Crippen molar-refractivity contribution in [1.29, 1.82) is 0 Å². The average Bonchev–Trinajstić information content (AvgIpc) is 3.33. The number of fused-ring (bicyclic) bond motifs is 1. The highest BCUT2D eigenvalue weighted by atomic mass is 19.1. The molecule has 0 radical (unpaired) electrons. The second-order valence-electron chi connectivity index (χ2n) is 8.58. The Balaban J connectivity index is 1.73. The first kappa shape index (κ1) is 24.6. The van der Waals surface area contributed by atoms with Crippen LogP contribution in [-0.4, -0.2) is 30.2 Å². The SMILES string of the molecule is O=C(O)C(=Cc1ccccc1)c1nc2c([nH]1)c(=O)n(Cc1cccc(F)c1)c(=O)n2Cc1cccc(F)c1. The first-order valence-electron chi connectivity index (χ1n) is 11.5. The lowest BCUT2D eigenvalue weighted by molar-refractivity contribution is -0.130. The summed E-state index contributed by atoms with van der Waals surface area (Å²) in [6, 6.07) is 19.7. The fraction of sp³-hybridized carbons (Fsp3) is 0.0714. The highest BCUT2D eigenvalue weighted by molar-refractivity contribution is 6.19. The summed E-state index contributed by atoms with van der Waals surface area (Å²) < 4.78 is 29.7. The summed E-state index contributed by atoms with van der Waals surface area (Å²) in [6.45, 7) is -0.389. The molecule has 0 bridgehead atoms. The number of benzene rings is 3. The summed E-state index contributed by atoms with van der Waals surface area (Å²) in [7, 11) is 0. The highest BCUT2D eigenvalue weighted by Gasteiger charge is 2.22. The number of nitrogens with one attached hydrogen (secondary N) is 1. The summed E-state index contributed by atoms with van der Waals surface area (Å²) in [5.74, 6) is -2.48. The number of halogens is 2. The van der Waals surface area contributed by atoms with E-state index < -0.39 is 28.9 Å². The van der Waals surface area contributed by atoms with Gasteiger partial charge in [-0.05, 0) is 47.0 Å². The van der Waals surface area contributed by atoms with Crippen LogP contribution in [0, 0.1) is 11.6 Å². The van der Waals surface area contributed by atoms with E-state index in [9.17, 15) is 28.3 Å². The van der Waals surface area contributed by atoms with Crippen molar-refractivity contribution < 1.29 is 18.7 Å². The molecular formula is C28H20F2N4O4.